The summed E-state index contributed by atoms with van der Waals surface area (Å²) in [6.07, 6.45) is 3.57. The summed E-state index contributed by atoms with van der Waals surface area (Å²) >= 11 is 0. The highest BCUT2D eigenvalue weighted by molar-refractivity contribution is 5.68. The number of carboxylic acids is 2. The Labute approximate surface area is 132 Å². The van der Waals surface area contributed by atoms with Gasteiger partial charge in [0.1, 0.15) is 13.2 Å². The molecule has 1 saturated carbocycles. The predicted molar refractivity (Wildman–Crippen MR) is 82.8 cm³/mol. The zero-order valence-corrected chi connectivity index (χ0v) is 14.1. The van der Waals surface area contributed by atoms with Gasteiger partial charge in [-0.1, -0.05) is 27.2 Å². The molecule has 0 heterocycles. The molecule has 3 unspecified atom stereocenters. The quantitative estimate of drug-likeness (QED) is 0.749. The zero-order chi connectivity index (χ0) is 17.1. The molecule has 0 amide bonds. The van der Waals surface area contributed by atoms with Gasteiger partial charge < -0.3 is 19.7 Å². The van der Waals surface area contributed by atoms with Gasteiger partial charge in [-0.25, -0.2) is 9.59 Å². The van der Waals surface area contributed by atoms with E-state index < -0.39 is 11.9 Å². The van der Waals surface area contributed by atoms with E-state index in [0.717, 1.165) is 6.42 Å². The molecule has 3 atom stereocenters. The molecular weight excluding hydrogens is 288 g/mol. The first-order valence-electron chi connectivity index (χ1n) is 7.90. The maximum Gasteiger partial charge on any atom is 0.329 e. The van der Waals surface area contributed by atoms with E-state index in [2.05, 4.69) is 25.5 Å². The van der Waals surface area contributed by atoms with Gasteiger partial charge in [-0.3, -0.25) is 0 Å². The van der Waals surface area contributed by atoms with Crippen LogP contribution in [0.2, 0.25) is 0 Å². The average molecular weight is 318 g/mol. The van der Waals surface area contributed by atoms with Gasteiger partial charge in [0, 0.05) is 6.61 Å². The maximum atomic E-state index is 10.5. The number of hydrogen-bond acceptors (Lipinski definition) is 4. The summed E-state index contributed by atoms with van der Waals surface area (Å²) in [4.78, 5) is 20.1. The van der Waals surface area contributed by atoms with Crippen LogP contribution in [-0.2, 0) is 19.1 Å². The third-order valence-corrected chi connectivity index (χ3v) is 3.81. The van der Waals surface area contributed by atoms with Gasteiger partial charge >= 0.3 is 11.9 Å². The number of rotatable bonds is 7. The Bertz CT molecular complexity index is 329. The molecule has 0 aromatic heterocycles. The first kappa shape index (κ1) is 20.9. The van der Waals surface area contributed by atoms with E-state index in [-0.39, 0.29) is 19.3 Å². The molecule has 0 saturated heterocycles. The topological polar surface area (TPSA) is 93.1 Å². The number of hydrogen-bond donors (Lipinski definition) is 2. The molecule has 0 bridgehead atoms. The minimum Gasteiger partial charge on any atom is -0.480 e. The van der Waals surface area contributed by atoms with Crippen LogP contribution in [-0.4, -0.2) is 48.1 Å². The minimum absolute atomic E-state index is 0.143. The molecule has 1 fully saturated rings. The van der Waals surface area contributed by atoms with Gasteiger partial charge in [0.25, 0.3) is 0 Å². The lowest BCUT2D eigenvalue weighted by Gasteiger charge is -2.36. The highest BCUT2D eigenvalue weighted by Gasteiger charge is 2.31. The van der Waals surface area contributed by atoms with Crippen molar-refractivity contribution >= 4 is 11.9 Å². The van der Waals surface area contributed by atoms with Gasteiger partial charge in [-0.2, -0.15) is 0 Å². The van der Waals surface area contributed by atoms with Crippen LogP contribution in [0.15, 0.2) is 0 Å². The Morgan fingerprint density at radius 1 is 1.14 bits per heavy atom. The molecule has 1 aliphatic carbocycles. The summed E-state index contributed by atoms with van der Waals surface area (Å²) in [5.41, 5.74) is 0. The molecule has 6 heteroatoms. The van der Waals surface area contributed by atoms with E-state index in [4.69, 9.17) is 14.9 Å². The summed E-state index contributed by atoms with van der Waals surface area (Å²) in [7, 11) is 0. The number of aliphatic carboxylic acids is 2. The van der Waals surface area contributed by atoms with Crippen LogP contribution in [0.1, 0.15) is 47.0 Å². The van der Waals surface area contributed by atoms with Gasteiger partial charge in [-0.05, 0) is 37.5 Å². The molecule has 1 rings (SSSR count). The third-order valence-electron chi connectivity index (χ3n) is 3.81. The summed E-state index contributed by atoms with van der Waals surface area (Å²) in [5, 5.41) is 16.5. The lowest BCUT2D eigenvalue weighted by atomic mass is 9.75. The Kier molecular flexibility index (Phi) is 10.8. The Hall–Kier alpha value is -1.14. The molecule has 130 valence electrons. The van der Waals surface area contributed by atoms with Crippen molar-refractivity contribution in [2.45, 2.75) is 53.1 Å². The summed E-state index contributed by atoms with van der Waals surface area (Å²) < 4.78 is 9.98. The normalized spacial score (nSPS) is 24.5. The van der Waals surface area contributed by atoms with E-state index in [0.29, 0.717) is 24.4 Å². The monoisotopic (exact) mass is 318 g/mol. The van der Waals surface area contributed by atoms with Crippen LogP contribution >= 0.6 is 0 Å². The SMILES string of the molecule is CC1CCC(C(C)C)C(OCC(=O)O)C1.CCOCC(=O)O. The molecule has 1 aliphatic rings. The summed E-state index contributed by atoms with van der Waals surface area (Å²) in [5.74, 6) is -0.00628. The van der Waals surface area contributed by atoms with Crippen LogP contribution in [0, 0.1) is 17.8 Å². The molecule has 22 heavy (non-hydrogen) atoms. The van der Waals surface area contributed by atoms with Crippen molar-refractivity contribution in [2.75, 3.05) is 19.8 Å². The fourth-order valence-electron chi connectivity index (χ4n) is 2.67. The Morgan fingerprint density at radius 2 is 1.73 bits per heavy atom. The third kappa shape index (κ3) is 9.73. The van der Waals surface area contributed by atoms with Crippen molar-refractivity contribution in [2.24, 2.45) is 17.8 Å². The van der Waals surface area contributed by atoms with Gasteiger partial charge in [0.15, 0.2) is 0 Å². The molecular formula is C16H30O6. The zero-order valence-electron chi connectivity index (χ0n) is 14.1. The largest absolute Gasteiger partial charge is 0.480 e. The van der Waals surface area contributed by atoms with Crippen LogP contribution in [0.4, 0.5) is 0 Å². The van der Waals surface area contributed by atoms with Gasteiger partial charge in [0.2, 0.25) is 0 Å². The van der Waals surface area contributed by atoms with Crippen LogP contribution in [0.25, 0.3) is 0 Å². The molecule has 0 radical (unpaired) electrons. The maximum absolute atomic E-state index is 10.5. The molecule has 0 aromatic rings. The predicted octanol–water partition coefficient (Wildman–Crippen LogP) is 2.66. The van der Waals surface area contributed by atoms with Gasteiger partial charge in [0.05, 0.1) is 6.10 Å². The first-order chi connectivity index (χ1) is 10.3. The second-order valence-electron chi connectivity index (χ2n) is 6.10. The van der Waals surface area contributed by atoms with E-state index in [1.165, 1.54) is 12.8 Å². The highest BCUT2D eigenvalue weighted by atomic mass is 16.5. The molecule has 2 N–H and O–H groups in total. The highest BCUT2D eigenvalue weighted by Crippen LogP contribution is 2.35. The summed E-state index contributed by atoms with van der Waals surface area (Å²) in [6.45, 7) is 8.48. The Morgan fingerprint density at radius 3 is 2.14 bits per heavy atom. The molecule has 6 nitrogen and oxygen atoms in total. The van der Waals surface area contributed by atoms with Crippen LogP contribution in [0.3, 0.4) is 0 Å². The van der Waals surface area contributed by atoms with Crippen molar-refractivity contribution in [3.8, 4) is 0 Å². The van der Waals surface area contributed by atoms with Crippen LogP contribution < -0.4 is 0 Å². The lowest BCUT2D eigenvalue weighted by molar-refractivity contribution is -0.147. The number of ether oxygens (including phenoxy) is 2. The molecule has 0 aliphatic heterocycles. The standard InChI is InChI=1S/C12H22O3.C4H8O3/c1-8(2)10-5-4-9(3)6-11(10)15-7-12(13)14;1-2-7-3-4(5)6/h8-11H,4-7H2,1-3H3,(H,13,14);2-3H2,1H3,(H,5,6). The van der Waals surface area contributed by atoms with E-state index in [1.807, 2.05) is 0 Å². The second kappa shape index (κ2) is 11.4. The van der Waals surface area contributed by atoms with E-state index >= 15 is 0 Å². The van der Waals surface area contributed by atoms with Crippen LogP contribution in [0.5, 0.6) is 0 Å². The fourth-order valence-corrected chi connectivity index (χ4v) is 2.67. The molecule has 0 aromatic carbocycles. The van der Waals surface area contributed by atoms with Crippen molar-refractivity contribution in [1.29, 1.82) is 0 Å². The van der Waals surface area contributed by atoms with Crippen molar-refractivity contribution in [3.63, 3.8) is 0 Å². The smallest absolute Gasteiger partial charge is 0.329 e. The van der Waals surface area contributed by atoms with Crippen molar-refractivity contribution in [3.05, 3.63) is 0 Å². The first-order valence-corrected chi connectivity index (χ1v) is 7.90. The van der Waals surface area contributed by atoms with Crippen molar-refractivity contribution < 1.29 is 29.3 Å². The number of carbonyl (C=O) groups is 2. The van der Waals surface area contributed by atoms with E-state index in [9.17, 15) is 9.59 Å². The summed E-state index contributed by atoms with van der Waals surface area (Å²) in [6, 6.07) is 0. The van der Waals surface area contributed by atoms with Gasteiger partial charge in [-0.15, -0.1) is 0 Å². The number of carboxylic acid groups (broad SMARTS) is 2. The van der Waals surface area contributed by atoms with Crippen molar-refractivity contribution in [1.82, 2.24) is 0 Å². The second-order valence-corrected chi connectivity index (χ2v) is 6.10. The molecule has 0 spiro atoms. The minimum atomic E-state index is -0.915. The average Bonchev–Trinajstić information content (AvgIpc) is 2.43. The fraction of sp³-hybridized carbons (Fsp3) is 0.875. The van der Waals surface area contributed by atoms with E-state index in [1.54, 1.807) is 6.92 Å². The Balaban J connectivity index is 0.000000534. The lowest BCUT2D eigenvalue weighted by Crippen LogP contribution is -2.35.